The third-order valence-corrected chi connectivity index (χ3v) is 4.70. The summed E-state index contributed by atoms with van der Waals surface area (Å²) in [4.78, 5) is -0.422. The second-order valence-electron chi connectivity index (χ2n) is 4.52. The minimum absolute atomic E-state index is 0.0479. The van der Waals surface area contributed by atoms with Crippen molar-refractivity contribution in [2.24, 2.45) is 0 Å². The van der Waals surface area contributed by atoms with Gasteiger partial charge in [-0.1, -0.05) is 13.0 Å². The molecule has 0 amide bonds. The Hall–Kier alpha value is -1.59. The lowest BCUT2D eigenvalue weighted by Crippen LogP contribution is -2.34. The Morgan fingerprint density at radius 1 is 1.38 bits per heavy atom. The van der Waals surface area contributed by atoms with Crippen molar-refractivity contribution in [3.63, 3.8) is 0 Å². The van der Waals surface area contributed by atoms with Crippen LogP contribution in [0, 0.1) is 18.3 Å². The first-order valence-electron chi connectivity index (χ1n) is 6.19. The summed E-state index contributed by atoms with van der Waals surface area (Å²) in [5, 5.41) is 8.61. The molecule has 1 N–H and O–H groups in total. The van der Waals surface area contributed by atoms with Gasteiger partial charge in [-0.15, -0.1) is 0 Å². The van der Waals surface area contributed by atoms with Gasteiger partial charge in [0.1, 0.15) is 0 Å². The molecule has 0 aromatic heterocycles. The van der Waals surface area contributed by atoms with Gasteiger partial charge in [0.05, 0.1) is 22.9 Å². The predicted molar refractivity (Wildman–Crippen MR) is 70.8 cm³/mol. The van der Waals surface area contributed by atoms with Crippen LogP contribution in [-0.2, 0) is 16.2 Å². The number of alkyl halides is 3. The van der Waals surface area contributed by atoms with E-state index in [-0.39, 0.29) is 12.0 Å². The molecule has 0 aliphatic carbocycles. The molecule has 21 heavy (non-hydrogen) atoms. The molecule has 8 heteroatoms. The quantitative estimate of drug-likeness (QED) is 0.906. The van der Waals surface area contributed by atoms with Crippen molar-refractivity contribution in [1.29, 1.82) is 5.26 Å². The van der Waals surface area contributed by atoms with Gasteiger partial charge in [-0.05, 0) is 31.0 Å². The molecule has 1 rings (SSSR count). The van der Waals surface area contributed by atoms with Gasteiger partial charge in [0.15, 0.2) is 0 Å². The molecule has 1 aromatic rings. The second-order valence-corrected chi connectivity index (χ2v) is 6.20. The van der Waals surface area contributed by atoms with Gasteiger partial charge in [0.25, 0.3) is 0 Å². The minimum atomic E-state index is -4.62. The van der Waals surface area contributed by atoms with Crippen molar-refractivity contribution in [3.05, 3.63) is 29.3 Å². The molecule has 4 nitrogen and oxygen atoms in total. The average Bonchev–Trinajstić information content (AvgIpc) is 2.36. The summed E-state index contributed by atoms with van der Waals surface area (Å²) in [6.45, 7) is 2.80. The van der Waals surface area contributed by atoms with E-state index in [1.807, 2.05) is 6.07 Å². The fourth-order valence-electron chi connectivity index (χ4n) is 1.88. The lowest BCUT2D eigenvalue weighted by atomic mass is 10.1. The van der Waals surface area contributed by atoms with Crippen LogP contribution in [-0.4, -0.2) is 14.5 Å². The molecule has 0 saturated heterocycles. The van der Waals surface area contributed by atoms with Crippen LogP contribution in [0.4, 0.5) is 13.2 Å². The van der Waals surface area contributed by atoms with Crippen molar-refractivity contribution < 1.29 is 21.6 Å². The lowest BCUT2D eigenvalue weighted by molar-refractivity contribution is -0.138. The number of hydrogen-bond donors (Lipinski definition) is 1. The van der Waals surface area contributed by atoms with Crippen molar-refractivity contribution in [2.45, 2.75) is 43.8 Å². The van der Waals surface area contributed by atoms with Crippen molar-refractivity contribution in [3.8, 4) is 6.07 Å². The summed E-state index contributed by atoms with van der Waals surface area (Å²) in [7, 11) is -4.11. The monoisotopic (exact) mass is 320 g/mol. The van der Waals surface area contributed by atoms with Crippen LogP contribution >= 0.6 is 0 Å². The summed E-state index contributed by atoms with van der Waals surface area (Å²) in [6, 6.07) is 4.21. The van der Waals surface area contributed by atoms with Crippen molar-refractivity contribution in [1.82, 2.24) is 4.72 Å². The summed E-state index contributed by atoms with van der Waals surface area (Å²) in [6.07, 6.45) is -4.30. The third kappa shape index (κ3) is 4.19. The normalized spacial score (nSPS) is 13.7. The van der Waals surface area contributed by atoms with E-state index < -0.39 is 32.7 Å². The Bertz CT molecular complexity index is 648. The highest BCUT2D eigenvalue weighted by Crippen LogP contribution is 2.34. The van der Waals surface area contributed by atoms with Crippen LogP contribution in [0.5, 0.6) is 0 Å². The highest BCUT2D eigenvalue weighted by atomic mass is 32.2. The van der Waals surface area contributed by atoms with Gasteiger partial charge >= 0.3 is 6.18 Å². The zero-order valence-electron chi connectivity index (χ0n) is 11.5. The standard InChI is InChI=1S/C13H15F3N2O2S/c1-3-10(7-8-17)18-21(19,20)12-6-4-5-11(9(12)2)13(14,15)16/h4-6,10,18H,3,7H2,1-2H3. The Morgan fingerprint density at radius 3 is 2.48 bits per heavy atom. The van der Waals surface area contributed by atoms with Crippen molar-refractivity contribution in [2.75, 3.05) is 0 Å². The van der Waals surface area contributed by atoms with Crippen LogP contribution in [0.3, 0.4) is 0 Å². The summed E-state index contributed by atoms with van der Waals surface area (Å²) in [5.41, 5.74) is -1.34. The number of benzene rings is 1. The molecule has 116 valence electrons. The lowest BCUT2D eigenvalue weighted by Gasteiger charge is -2.17. The predicted octanol–water partition coefficient (Wildman–Crippen LogP) is 2.98. The van der Waals surface area contributed by atoms with Crippen LogP contribution in [0.15, 0.2) is 23.1 Å². The largest absolute Gasteiger partial charge is 0.416 e. The first kappa shape index (κ1) is 17.5. The van der Waals surface area contributed by atoms with Crippen LogP contribution < -0.4 is 4.72 Å². The maximum absolute atomic E-state index is 12.8. The molecule has 0 aliphatic heterocycles. The molecular formula is C13H15F3N2O2S. The van der Waals surface area contributed by atoms with E-state index in [4.69, 9.17) is 5.26 Å². The molecule has 0 spiro atoms. The van der Waals surface area contributed by atoms with E-state index in [1.54, 1.807) is 6.92 Å². The molecule has 0 saturated carbocycles. The first-order chi connectivity index (χ1) is 9.63. The van der Waals surface area contributed by atoms with Gasteiger partial charge in [0.2, 0.25) is 10.0 Å². The molecule has 1 aromatic carbocycles. The Balaban J connectivity index is 3.25. The third-order valence-electron chi connectivity index (χ3n) is 3.03. The average molecular weight is 320 g/mol. The second kappa shape index (κ2) is 6.45. The van der Waals surface area contributed by atoms with Gasteiger partial charge < -0.3 is 0 Å². The molecule has 0 aliphatic rings. The molecule has 0 heterocycles. The molecule has 1 unspecified atom stereocenters. The number of sulfonamides is 1. The van der Waals surface area contributed by atoms with Gasteiger partial charge in [-0.2, -0.15) is 18.4 Å². The van der Waals surface area contributed by atoms with E-state index >= 15 is 0 Å². The van der Waals surface area contributed by atoms with Gasteiger partial charge in [-0.25, -0.2) is 13.1 Å². The van der Waals surface area contributed by atoms with E-state index in [0.717, 1.165) is 25.1 Å². The molecule has 0 bridgehead atoms. The first-order valence-corrected chi connectivity index (χ1v) is 7.68. The highest BCUT2D eigenvalue weighted by Gasteiger charge is 2.34. The number of nitrogens with one attached hydrogen (secondary N) is 1. The molecule has 0 fully saturated rings. The Morgan fingerprint density at radius 2 is 2.00 bits per heavy atom. The smallest absolute Gasteiger partial charge is 0.207 e. The van der Waals surface area contributed by atoms with E-state index in [1.165, 1.54) is 0 Å². The fourth-order valence-corrected chi connectivity index (χ4v) is 3.46. The summed E-state index contributed by atoms with van der Waals surface area (Å²) >= 11 is 0. The maximum atomic E-state index is 12.8. The van der Waals surface area contributed by atoms with Crippen LogP contribution in [0.1, 0.15) is 30.9 Å². The fraction of sp³-hybridized carbons (Fsp3) is 0.462. The van der Waals surface area contributed by atoms with Gasteiger partial charge in [0, 0.05) is 6.04 Å². The van der Waals surface area contributed by atoms with E-state index in [2.05, 4.69) is 4.72 Å². The Labute approximate surface area is 121 Å². The Kier molecular flexibility index (Phi) is 5.36. The van der Waals surface area contributed by atoms with Crippen LogP contribution in [0.2, 0.25) is 0 Å². The zero-order chi connectivity index (χ0) is 16.3. The van der Waals surface area contributed by atoms with Crippen molar-refractivity contribution >= 4 is 10.0 Å². The molecule has 0 radical (unpaired) electrons. The molecule has 1 atom stereocenters. The van der Waals surface area contributed by atoms with E-state index in [9.17, 15) is 21.6 Å². The number of rotatable bonds is 5. The molecular weight excluding hydrogens is 305 g/mol. The summed E-state index contributed by atoms with van der Waals surface area (Å²) < 4.78 is 65.1. The summed E-state index contributed by atoms with van der Waals surface area (Å²) in [5.74, 6) is 0. The zero-order valence-corrected chi connectivity index (χ0v) is 12.3. The van der Waals surface area contributed by atoms with Gasteiger partial charge in [-0.3, -0.25) is 0 Å². The highest BCUT2D eigenvalue weighted by molar-refractivity contribution is 7.89. The van der Waals surface area contributed by atoms with E-state index in [0.29, 0.717) is 6.42 Å². The number of nitrogens with zero attached hydrogens (tertiary/aromatic N) is 1. The number of nitriles is 1. The number of hydrogen-bond acceptors (Lipinski definition) is 3. The minimum Gasteiger partial charge on any atom is -0.207 e. The number of halogens is 3. The topological polar surface area (TPSA) is 70.0 Å². The SMILES string of the molecule is CCC(CC#N)NS(=O)(=O)c1cccc(C(F)(F)F)c1C. The van der Waals surface area contributed by atoms with Crippen LogP contribution in [0.25, 0.3) is 0 Å². The maximum Gasteiger partial charge on any atom is 0.416 e.